The van der Waals surface area contributed by atoms with Gasteiger partial charge in [-0.15, -0.1) is 0 Å². The Morgan fingerprint density at radius 2 is 2.22 bits per heavy atom. The van der Waals surface area contributed by atoms with E-state index in [-0.39, 0.29) is 11.8 Å². The van der Waals surface area contributed by atoms with Crippen LogP contribution in [0.15, 0.2) is 0 Å². The SMILES string of the molecule is CNC(=O)C1CC1NC. The number of rotatable bonds is 2. The molecule has 0 bridgehead atoms. The fraction of sp³-hybridized carbons (Fsp3) is 0.833. The number of carbonyl (C=O) groups excluding carboxylic acids is 1. The van der Waals surface area contributed by atoms with Crippen LogP contribution >= 0.6 is 0 Å². The van der Waals surface area contributed by atoms with Crippen molar-refractivity contribution < 1.29 is 4.79 Å². The molecule has 0 aliphatic heterocycles. The number of nitrogens with one attached hydrogen (secondary N) is 2. The first-order chi connectivity index (χ1) is 4.29. The third-order valence-electron chi connectivity index (χ3n) is 1.74. The standard InChI is InChI=1S/C6H12N2O/c1-7-5-3-4(5)6(9)8-2/h4-5,7H,3H2,1-2H3,(H,8,9). The summed E-state index contributed by atoms with van der Waals surface area (Å²) >= 11 is 0. The highest BCUT2D eigenvalue weighted by Crippen LogP contribution is 2.29. The van der Waals surface area contributed by atoms with Crippen LogP contribution in [0.4, 0.5) is 0 Å². The number of hydrogen-bond donors (Lipinski definition) is 2. The molecule has 0 aromatic rings. The molecule has 0 radical (unpaired) electrons. The van der Waals surface area contributed by atoms with Crippen molar-refractivity contribution in [2.45, 2.75) is 12.5 Å². The van der Waals surface area contributed by atoms with E-state index in [4.69, 9.17) is 0 Å². The zero-order chi connectivity index (χ0) is 6.85. The second-order valence-electron chi connectivity index (χ2n) is 2.35. The molecule has 1 fully saturated rings. The van der Waals surface area contributed by atoms with Crippen molar-refractivity contribution in [1.82, 2.24) is 10.6 Å². The molecule has 0 spiro atoms. The van der Waals surface area contributed by atoms with Crippen molar-refractivity contribution in [2.24, 2.45) is 5.92 Å². The lowest BCUT2D eigenvalue weighted by Crippen LogP contribution is -2.24. The average molecular weight is 128 g/mol. The Bertz CT molecular complexity index is 124. The molecule has 0 aromatic heterocycles. The van der Waals surface area contributed by atoms with E-state index >= 15 is 0 Å². The molecule has 9 heavy (non-hydrogen) atoms. The van der Waals surface area contributed by atoms with E-state index < -0.39 is 0 Å². The van der Waals surface area contributed by atoms with Gasteiger partial charge in [-0.3, -0.25) is 4.79 Å². The molecule has 3 nitrogen and oxygen atoms in total. The van der Waals surface area contributed by atoms with Gasteiger partial charge in [0.25, 0.3) is 0 Å². The maximum atomic E-state index is 10.8. The highest BCUT2D eigenvalue weighted by Gasteiger charge is 2.41. The van der Waals surface area contributed by atoms with Crippen molar-refractivity contribution in [1.29, 1.82) is 0 Å². The molecule has 2 N–H and O–H groups in total. The van der Waals surface area contributed by atoms with Crippen molar-refractivity contribution in [3.05, 3.63) is 0 Å². The summed E-state index contributed by atoms with van der Waals surface area (Å²) < 4.78 is 0. The van der Waals surface area contributed by atoms with Gasteiger partial charge in [0.1, 0.15) is 0 Å². The summed E-state index contributed by atoms with van der Waals surface area (Å²) in [5.41, 5.74) is 0. The fourth-order valence-corrected chi connectivity index (χ4v) is 0.989. The summed E-state index contributed by atoms with van der Waals surface area (Å²) in [7, 11) is 3.56. The maximum Gasteiger partial charge on any atom is 0.224 e. The van der Waals surface area contributed by atoms with Gasteiger partial charge in [0.2, 0.25) is 5.91 Å². The predicted molar refractivity (Wildman–Crippen MR) is 35.0 cm³/mol. The van der Waals surface area contributed by atoms with Crippen LogP contribution in [-0.2, 0) is 4.79 Å². The minimum Gasteiger partial charge on any atom is -0.359 e. The molecule has 1 aliphatic carbocycles. The summed E-state index contributed by atoms with van der Waals surface area (Å²) in [5, 5.41) is 5.66. The van der Waals surface area contributed by atoms with Crippen LogP contribution in [0.1, 0.15) is 6.42 Å². The lowest BCUT2D eigenvalue weighted by Gasteiger charge is -1.95. The molecule has 0 saturated heterocycles. The fourth-order valence-electron chi connectivity index (χ4n) is 0.989. The monoisotopic (exact) mass is 128 g/mol. The van der Waals surface area contributed by atoms with Gasteiger partial charge in [-0.2, -0.15) is 0 Å². The Balaban J connectivity index is 2.25. The summed E-state index contributed by atoms with van der Waals surface area (Å²) in [4.78, 5) is 10.8. The summed E-state index contributed by atoms with van der Waals surface area (Å²) in [6, 6.07) is 0.435. The van der Waals surface area contributed by atoms with Crippen LogP contribution in [0.25, 0.3) is 0 Å². The lowest BCUT2D eigenvalue weighted by molar-refractivity contribution is -0.121. The molecule has 1 aliphatic rings. The van der Waals surface area contributed by atoms with Crippen LogP contribution in [0, 0.1) is 5.92 Å². The number of hydrogen-bond acceptors (Lipinski definition) is 2. The minimum atomic E-state index is 0.161. The number of amides is 1. The van der Waals surface area contributed by atoms with Crippen LogP contribution in [0.5, 0.6) is 0 Å². The predicted octanol–water partition coefficient (Wildman–Crippen LogP) is -0.660. The smallest absolute Gasteiger partial charge is 0.224 e. The van der Waals surface area contributed by atoms with Crippen molar-refractivity contribution in [3.8, 4) is 0 Å². The summed E-state index contributed by atoms with van der Waals surface area (Å²) in [6.07, 6.45) is 0.996. The van der Waals surface area contributed by atoms with Gasteiger partial charge < -0.3 is 10.6 Å². The highest BCUT2D eigenvalue weighted by molar-refractivity contribution is 5.81. The van der Waals surface area contributed by atoms with Gasteiger partial charge >= 0.3 is 0 Å². The maximum absolute atomic E-state index is 10.8. The summed E-state index contributed by atoms with van der Waals surface area (Å²) in [5.74, 6) is 0.398. The quantitative estimate of drug-likeness (QED) is 0.518. The van der Waals surface area contributed by atoms with Crippen LogP contribution < -0.4 is 10.6 Å². The topological polar surface area (TPSA) is 41.1 Å². The Morgan fingerprint density at radius 1 is 1.56 bits per heavy atom. The van der Waals surface area contributed by atoms with Gasteiger partial charge in [0.15, 0.2) is 0 Å². The van der Waals surface area contributed by atoms with Gasteiger partial charge in [0.05, 0.1) is 5.92 Å². The first-order valence-corrected chi connectivity index (χ1v) is 3.18. The third-order valence-corrected chi connectivity index (χ3v) is 1.74. The minimum absolute atomic E-state index is 0.161. The Kier molecular flexibility index (Phi) is 1.71. The Labute approximate surface area is 54.8 Å². The van der Waals surface area contributed by atoms with Gasteiger partial charge in [-0.1, -0.05) is 0 Å². The number of carbonyl (C=O) groups is 1. The Morgan fingerprint density at radius 3 is 2.56 bits per heavy atom. The van der Waals surface area contributed by atoms with Crippen molar-refractivity contribution in [3.63, 3.8) is 0 Å². The van der Waals surface area contributed by atoms with E-state index in [9.17, 15) is 4.79 Å². The van der Waals surface area contributed by atoms with Gasteiger partial charge in [-0.05, 0) is 13.5 Å². The van der Waals surface area contributed by atoms with Gasteiger partial charge in [-0.25, -0.2) is 0 Å². The zero-order valence-electron chi connectivity index (χ0n) is 5.77. The molecule has 2 unspecified atom stereocenters. The van der Waals surface area contributed by atoms with E-state index in [2.05, 4.69) is 10.6 Å². The average Bonchev–Trinajstić information content (AvgIpc) is 2.64. The van der Waals surface area contributed by atoms with Crippen LogP contribution in [0.3, 0.4) is 0 Å². The van der Waals surface area contributed by atoms with E-state index in [1.54, 1.807) is 7.05 Å². The molecule has 1 amide bonds. The molecule has 0 heterocycles. The molecular weight excluding hydrogens is 116 g/mol. The second kappa shape index (κ2) is 2.35. The third kappa shape index (κ3) is 1.21. The van der Waals surface area contributed by atoms with Crippen molar-refractivity contribution >= 4 is 5.91 Å². The summed E-state index contributed by atoms with van der Waals surface area (Å²) in [6.45, 7) is 0. The van der Waals surface area contributed by atoms with E-state index in [0.29, 0.717) is 6.04 Å². The van der Waals surface area contributed by atoms with Crippen LogP contribution in [0.2, 0.25) is 0 Å². The molecule has 1 rings (SSSR count). The highest BCUT2D eigenvalue weighted by atomic mass is 16.2. The molecular formula is C6H12N2O. The lowest BCUT2D eigenvalue weighted by atomic mass is 10.4. The molecule has 3 heteroatoms. The zero-order valence-corrected chi connectivity index (χ0v) is 5.77. The first-order valence-electron chi connectivity index (χ1n) is 3.18. The molecule has 2 atom stereocenters. The molecule has 0 aromatic carbocycles. The molecule has 1 saturated carbocycles. The van der Waals surface area contributed by atoms with Crippen molar-refractivity contribution in [2.75, 3.05) is 14.1 Å². The Hall–Kier alpha value is -0.570. The van der Waals surface area contributed by atoms with E-state index in [0.717, 1.165) is 6.42 Å². The normalized spacial score (nSPS) is 31.8. The van der Waals surface area contributed by atoms with Gasteiger partial charge in [0, 0.05) is 13.1 Å². The first kappa shape index (κ1) is 6.55. The molecule has 52 valence electrons. The van der Waals surface area contributed by atoms with E-state index in [1.165, 1.54) is 0 Å². The van der Waals surface area contributed by atoms with E-state index in [1.807, 2.05) is 7.05 Å². The second-order valence-corrected chi connectivity index (χ2v) is 2.35. The largest absolute Gasteiger partial charge is 0.359 e. The van der Waals surface area contributed by atoms with Crippen LogP contribution in [-0.4, -0.2) is 26.0 Å².